The Kier molecular flexibility index (Phi) is 4.86. The van der Waals surface area contributed by atoms with E-state index in [-0.39, 0.29) is 22.8 Å². The summed E-state index contributed by atoms with van der Waals surface area (Å²) in [7, 11) is -1.95. The number of rotatable bonds is 6. The third-order valence-electron chi connectivity index (χ3n) is 6.58. The summed E-state index contributed by atoms with van der Waals surface area (Å²) in [6, 6.07) is 11.0. The number of aryl methyl sites for hydroxylation is 1. The average Bonchev–Trinajstić information content (AvgIpc) is 3.13. The standard InChI is InChI=1S/C22H22FN5O3S/c1-27-12-20(26-14-27)32(30,31)28-10-17-18(11-28)22(17,19-4-2-3-9-24-19)13-25-21(29)15-5-7-16(23)8-6-15/h2-9,12,14,17-18H,10-11,13H2,1H3,(H,25,29). The maximum absolute atomic E-state index is 13.2. The zero-order valence-corrected chi connectivity index (χ0v) is 18.2. The molecule has 3 heterocycles. The van der Waals surface area contributed by atoms with Crippen molar-refractivity contribution >= 4 is 15.9 Å². The maximum atomic E-state index is 13.2. The number of piperidine rings is 1. The Bertz CT molecular complexity index is 1250. The molecule has 2 fully saturated rings. The van der Waals surface area contributed by atoms with Crippen molar-refractivity contribution in [3.8, 4) is 0 Å². The summed E-state index contributed by atoms with van der Waals surface area (Å²) in [6.45, 7) is 1.01. The summed E-state index contributed by atoms with van der Waals surface area (Å²) < 4.78 is 42.2. The van der Waals surface area contributed by atoms with Crippen molar-refractivity contribution in [1.29, 1.82) is 0 Å². The van der Waals surface area contributed by atoms with Gasteiger partial charge in [0.1, 0.15) is 5.82 Å². The van der Waals surface area contributed by atoms with Crippen LogP contribution >= 0.6 is 0 Å². The number of hydrogen-bond donors (Lipinski definition) is 1. The van der Waals surface area contributed by atoms with E-state index in [1.165, 1.54) is 41.1 Å². The number of imidazole rings is 1. The molecule has 0 radical (unpaired) electrons. The van der Waals surface area contributed by atoms with Crippen LogP contribution in [0, 0.1) is 17.7 Å². The number of nitrogens with one attached hydrogen (secondary N) is 1. The Labute approximate surface area is 185 Å². The highest BCUT2D eigenvalue weighted by molar-refractivity contribution is 7.89. The molecular formula is C22H22FN5O3S. The number of nitrogens with zero attached hydrogens (tertiary/aromatic N) is 4. The zero-order valence-electron chi connectivity index (χ0n) is 17.3. The van der Waals surface area contributed by atoms with E-state index in [9.17, 15) is 17.6 Å². The van der Waals surface area contributed by atoms with Crippen molar-refractivity contribution in [2.45, 2.75) is 10.4 Å². The molecule has 0 bridgehead atoms. The molecule has 1 aliphatic heterocycles. The van der Waals surface area contributed by atoms with Crippen LogP contribution in [0.4, 0.5) is 4.39 Å². The summed E-state index contributed by atoms with van der Waals surface area (Å²) in [5.41, 5.74) is 0.768. The van der Waals surface area contributed by atoms with Gasteiger partial charge in [0, 0.05) is 55.7 Å². The van der Waals surface area contributed by atoms with Gasteiger partial charge in [-0.3, -0.25) is 9.78 Å². The van der Waals surface area contributed by atoms with Crippen molar-refractivity contribution in [2.75, 3.05) is 19.6 Å². The van der Waals surface area contributed by atoms with Gasteiger partial charge in [-0.1, -0.05) is 6.07 Å². The molecule has 5 rings (SSSR count). The second-order valence-electron chi connectivity index (χ2n) is 8.36. The van der Waals surface area contributed by atoms with Gasteiger partial charge in [-0.05, 0) is 48.2 Å². The van der Waals surface area contributed by atoms with Crippen LogP contribution in [-0.4, -0.2) is 52.8 Å². The molecule has 10 heteroatoms. The molecule has 2 unspecified atom stereocenters. The number of hydrogen-bond acceptors (Lipinski definition) is 5. The van der Waals surface area contributed by atoms with E-state index in [4.69, 9.17) is 0 Å². The Morgan fingerprint density at radius 1 is 1.16 bits per heavy atom. The van der Waals surface area contributed by atoms with Gasteiger partial charge in [0.15, 0.2) is 5.03 Å². The minimum absolute atomic E-state index is 0.0319. The lowest BCUT2D eigenvalue weighted by Gasteiger charge is -2.26. The molecule has 1 aliphatic carbocycles. The molecule has 1 N–H and O–H groups in total. The molecule has 1 saturated carbocycles. The number of sulfonamides is 1. The van der Waals surface area contributed by atoms with Crippen LogP contribution in [0.1, 0.15) is 16.1 Å². The number of pyridine rings is 1. The van der Waals surface area contributed by atoms with Gasteiger partial charge in [0.25, 0.3) is 15.9 Å². The zero-order chi connectivity index (χ0) is 22.5. The average molecular weight is 456 g/mol. The fourth-order valence-corrected chi connectivity index (χ4v) is 6.31. The van der Waals surface area contributed by atoms with Gasteiger partial charge in [-0.15, -0.1) is 0 Å². The van der Waals surface area contributed by atoms with Crippen LogP contribution in [0.5, 0.6) is 0 Å². The van der Waals surface area contributed by atoms with E-state index in [0.717, 1.165) is 5.69 Å². The Morgan fingerprint density at radius 3 is 2.47 bits per heavy atom. The minimum atomic E-state index is -3.67. The van der Waals surface area contributed by atoms with E-state index in [1.54, 1.807) is 17.8 Å². The van der Waals surface area contributed by atoms with E-state index >= 15 is 0 Å². The third-order valence-corrected chi connectivity index (χ3v) is 8.29. The van der Waals surface area contributed by atoms with Crippen LogP contribution in [0.3, 0.4) is 0 Å². The summed E-state index contributed by atoms with van der Waals surface area (Å²) in [5, 5.41) is 2.99. The fourth-order valence-electron chi connectivity index (χ4n) is 4.85. The molecule has 3 aromatic rings. The Balaban J connectivity index is 1.36. The van der Waals surface area contributed by atoms with Crippen LogP contribution in [0.2, 0.25) is 0 Å². The van der Waals surface area contributed by atoms with Crippen molar-refractivity contribution in [3.05, 3.63) is 78.3 Å². The highest BCUT2D eigenvalue weighted by Gasteiger charge is 2.70. The molecule has 166 valence electrons. The largest absolute Gasteiger partial charge is 0.351 e. The lowest BCUT2D eigenvalue weighted by atomic mass is 9.94. The van der Waals surface area contributed by atoms with E-state index in [1.807, 2.05) is 18.2 Å². The van der Waals surface area contributed by atoms with Gasteiger partial charge < -0.3 is 9.88 Å². The molecule has 0 spiro atoms. The summed E-state index contributed by atoms with van der Waals surface area (Å²) in [5.74, 6) is -0.644. The molecule has 2 atom stereocenters. The number of fused-ring (bicyclic) bond motifs is 1. The van der Waals surface area contributed by atoms with Gasteiger partial charge in [-0.2, -0.15) is 4.31 Å². The highest BCUT2D eigenvalue weighted by Crippen LogP contribution is 2.63. The first-order valence-corrected chi connectivity index (χ1v) is 11.7. The van der Waals surface area contributed by atoms with E-state index in [2.05, 4.69) is 15.3 Å². The quantitative estimate of drug-likeness (QED) is 0.609. The molecule has 32 heavy (non-hydrogen) atoms. The molecule has 2 aromatic heterocycles. The number of benzene rings is 1. The highest BCUT2D eigenvalue weighted by atomic mass is 32.2. The molecular weight excluding hydrogens is 433 g/mol. The Morgan fingerprint density at radius 2 is 1.88 bits per heavy atom. The SMILES string of the molecule is Cn1cnc(S(=O)(=O)N2CC3C(C2)C3(CNC(=O)c2ccc(F)cc2)c2ccccn2)c1. The predicted octanol–water partition coefficient (Wildman–Crippen LogP) is 1.57. The smallest absolute Gasteiger partial charge is 0.262 e. The number of aromatic nitrogens is 3. The molecule has 1 saturated heterocycles. The van der Waals surface area contributed by atoms with E-state index < -0.39 is 21.3 Å². The normalized spacial score (nSPS) is 24.8. The van der Waals surface area contributed by atoms with Gasteiger partial charge in [0.2, 0.25) is 0 Å². The predicted molar refractivity (Wildman–Crippen MR) is 114 cm³/mol. The van der Waals surface area contributed by atoms with Crippen molar-refractivity contribution < 1.29 is 17.6 Å². The van der Waals surface area contributed by atoms with Gasteiger partial charge in [0.05, 0.1) is 6.33 Å². The van der Waals surface area contributed by atoms with E-state index in [0.29, 0.717) is 25.2 Å². The number of halogens is 1. The first-order valence-electron chi connectivity index (χ1n) is 10.3. The second-order valence-corrected chi connectivity index (χ2v) is 10.2. The molecule has 8 nitrogen and oxygen atoms in total. The fraction of sp³-hybridized carbons (Fsp3) is 0.318. The maximum Gasteiger partial charge on any atom is 0.262 e. The summed E-state index contributed by atoms with van der Waals surface area (Å²) in [6.07, 6.45) is 4.66. The third kappa shape index (κ3) is 3.30. The van der Waals surface area contributed by atoms with Crippen LogP contribution in [-0.2, 0) is 22.5 Å². The summed E-state index contributed by atoms with van der Waals surface area (Å²) >= 11 is 0. The number of carbonyl (C=O) groups excluding carboxylic acids is 1. The second kappa shape index (κ2) is 7.49. The van der Waals surface area contributed by atoms with Crippen LogP contribution < -0.4 is 5.32 Å². The molecule has 1 amide bonds. The van der Waals surface area contributed by atoms with Gasteiger partial charge >= 0.3 is 0 Å². The lowest BCUT2D eigenvalue weighted by molar-refractivity contribution is 0.0946. The van der Waals surface area contributed by atoms with Crippen LogP contribution in [0.25, 0.3) is 0 Å². The van der Waals surface area contributed by atoms with Gasteiger partial charge in [-0.25, -0.2) is 17.8 Å². The Hall–Kier alpha value is -3.11. The molecule has 2 aliphatic rings. The first-order chi connectivity index (χ1) is 15.3. The number of carbonyl (C=O) groups is 1. The summed E-state index contributed by atoms with van der Waals surface area (Å²) in [4.78, 5) is 21.1. The number of amides is 1. The monoisotopic (exact) mass is 455 g/mol. The topological polar surface area (TPSA) is 97.2 Å². The van der Waals surface area contributed by atoms with Crippen LogP contribution in [0.15, 0.2) is 66.2 Å². The minimum Gasteiger partial charge on any atom is -0.351 e. The van der Waals surface area contributed by atoms with Crippen molar-refractivity contribution in [1.82, 2.24) is 24.2 Å². The first kappa shape index (κ1) is 20.8. The molecule has 1 aromatic carbocycles. The van der Waals surface area contributed by atoms with Crippen molar-refractivity contribution in [3.63, 3.8) is 0 Å². The van der Waals surface area contributed by atoms with Crippen molar-refractivity contribution in [2.24, 2.45) is 18.9 Å². The lowest BCUT2D eigenvalue weighted by Crippen LogP contribution is -2.41.